The Bertz CT molecular complexity index is 839. The van der Waals surface area contributed by atoms with Crippen molar-refractivity contribution in [3.8, 4) is 11.5 Å². The van der Waals surface area contributed by atoms with Crippen LogP contribution in [0.2, 0.25) is 0 Å². The minimum Gasteiger partial charge on any atom is -0.493 e. The van der Waals surface area contributed by atoms with Crippen molar-refractivity contribution in [1.82, 2.24) is 10.2 Å². The van der Waals surface area contributed by atoms with Crippen LogP contribution in [-0.2, 0) is 11.2 Å². The van der Waals surface area contributed by atoms with Gasteiger partial charge in [0, 0.05) is 19.5 Å². The number of benzene rings is 2. The lowest BCUT2D eigenvalue weighted by Gasteiger charge is -2.17. The number of likely N-dealkylation sites (N-methyl/N-ethyl adjacent to an activating group) is 1. The second-order valence-corrected chi connectivity index (χ2v) is 7.11. The minimum absolute atomic E-state index is 0.0318. The number of carbonyl (C=O) groups excluding carboxylic acids is 1. The zero-order chi connectivity index (χ0) is 21.8. The lowest BCUT2D eigenvalue weighted by molar-refractivity contribution is -0.120. The summed E-state index contributed by atoms with van der Waals surface area (Å²) in [6.45, 7) is 2.44. The van der Waals surface area contributed by atoms with Crippen LogP contribution in [0.15, 0.2) is 48.5 Å². The normalized spacial score (nSPS) is 11.1. The van der Waals surface area contributed by atoms with E-state index in [0.717, 1.165) is 43.0 Å². The zero-order valence-electron chi connectivity index (χ0n) is 18.0. The van der Waals surface area contributed by atoms with E-state index >= 15 is 0 Å². The van der Waals surface area contributed by atoms with Crippen LogP contribution in [0.5, 0.6) is 11.5 Å². The maximum absolute atomic E-state index is 13.1. The van der Waals surface area contributed by atoms with Crippen LogP contribution in [0, 0.1) is 5.82 Å². The predicted octanol–water partition coefficient (Wildman–Crippen LogP) is 3.93. The standard InChI is InChI=1S/C24H31FN2O3/c1-27(16-13-20-11-12-22(29-2)23(18-20)30-3)15-6-14-26-24(28)10-5-8-19-7-4-9-21(25)17-19/h4-5,7-9,11-12,17-18H,6,10,13-16H2,1-3H3,(H,26,28). The Hall–Kier alpha value is -2.86. The molecule has 0 unspecified atom stereocenters. The van der Waals surface area contributed by atoms with Gasteiger partial charge in [0.05, 0.1) is 14.2 Å². The van der Waals surface area contributed by atoms with Crippen molar-refractivity contribution in [2.24, 2.45) is 0 Å². The second kappa shape index (κ2) is 12.6. The topological polar surface area (TPSA) is 50.8 Å². The number of nitrogens with zero attached hydrogens (tertiary/aromatic N) is 1. The van der Waals surface area contributed by atoms with Crippen LogP contribution in [0.3, 0.4) is 0 Å². The maximum Gasteiger partial charge on any atom is 0.223 e. The van der Waals surface area contributed by atoms with E-state index in [4.69, 9.17) is 9.47 Å². The summed E-state index contributed by atoms with van der Waals surface area (Å²) >= 11 is 0. The van der Waals surface area contributed by atoms with E-state index < -0.39 is 0 Å². The van der Waals surface area contributed by atoms with Gasteiger partial charge in [0.1, 0.15) is 5.82 Å². The SMILES string of the molecule is COc1ccc(CCN(C)CCCNC(=O)CC=Cc2cccc(F)c2)cc1OC. The first-order valence-corrected chi connectivity index (χ1v) is 10.1. The average Bonchev–Trinajstić information content (AvgIpc) is 2.75. The van der Waals surface area contributed by atoms with Crippen molar-refractivity contribution in [2.45, 2.75) is 19.3 Å². The Balaban J connectivity index is 1.61. The molecule has 30 heavy (non-hydrogen) atoms. The third-order valence-electron chi connectivity index (χ3n) is 4.73. The van der Waals surface area contributed by atoms with Crippen LogP contribution in [-0.4, -0.2) is 51.7 Å². The largest absolute Gasteiger partial charge is 0.493 e. The first-order valence-electron chi connectivity index (χ1n) is 10.1. The van der Waals surface area contributed by atoms with Crippen LogP contribution in [0.25, 0.3) is 6.08 Å². The number of rotatable bonds is 12. The molecule has 0 aromatic heterocycles. The lowest BCUT2D eigenvalue weighted by Crippen LogP contribution is -2.28. The quantitative estimate of drug-likeness (QED) is 0.535. The highest BCUT2D eigenvalue weighted by atomic mass is 19.1. The highest BCUT2D eigenvalue weighted by Gasteiger charge is 2.06. The molecule has 0 fully saturated rings. The molecule has 162 valence electrons. The molecule has 0 aliphatic carbocycles. The van der Waals surface area contributed by atoms with Crippen molar-refractivity contribution in [3.63, 3.8) is 0 Å². The molecule has 6 heteroatoms. The molecule has 0 aliphatic heterocycles. The first-order chi connectivity index (χ1) is 14.5. The molecule has 1 amide bonds. The fourth-order valence-electron chi connectivity index (χ4n) is 3.03. The van der Waals surface area contributed by atoms with Gasteiger partial charge < -0.3 is 19.7 Å². The molecule has 1 N–H and O–H groups in total. The Labute approximate surface area is 178 Å². The van der Waals surface area contributed by atoms with E-state index in [9.17, 15) is 9.18 Å². The molecule has 0 atom stereocenters. The molecular formula is C24H31FN2O3. The van der Waals surface area contributed by atoms with Crippen molar-refractivity contribution in [3.05, 3.63) is 65.5 Å². The van der Waals surface area contributed by atoms with Gasteiger partial charge >= 0.3 is 0 Å². The number of halogens is 1. The Kier molecular flexibility index (Phi) is 9.87. The summed E-state index contributed by atoms with van der Waals surface area (Å²) in [5, 5.41) is 2.92. The first kappa shape index (κ1) is 23.4. The van der Waals surface area contributed by atoms with E-state index in [1.807, 2.05) is 18.2 Å². The van der Waals surface area contributed by atoms with E-state index in [0.29, 0.717) is 6.54 Å². The fourth-order valence-corrected chi connectivity index (χ4v) is 3.03. The third kappa shape index (κ3) is 8.25. The minimum atomic E-state index is -0.281. The molecule has 0 saturated heterocycles. The van der Waals surface area contributed by atoms with Crippen LogP contribution >= 0.6 is 0 Å². The van der Waals surface area contributed by atoms with Crippen LogP contribution < -0.4 is 14.8 Å². The Morgan fingerprint density at radius 3 is 2.63 bits per heavy atom. The zero-order valence-corrected chi connectivity index (χ0v) is 18.0. The van der Waals surface area contributed by atoms with E-state index in [1.165, 1.54) is 17.7 Å². The van der Waals surface area contributed by atoms with Crippen molar-refractivity contribution < 1.29 is 18.7 Å². The number of carbonyl (C=O) groups is 1. The van der Waals surface area contributed by atoms with E-state index in [2.05, 4.69) is 17.3 Å². The molecule has 0 bridgehead atoms. The van der Waals surface area contributed by atoms with Gasteiger partial charge in [-0.15, -0.1) is 0 Å². The predicted molar refractivity (Wildman–Crippen MR) is 118 cm³/mol. The molecule has 0 heterocycles. The fraction of sp³-hybridized carbons (Fsp3) is 0.375. The molecule has 2 aromatic carbocycles. The van der Waals surface area contributed by atoms with E-state index in [1.54, 1.807) is 38.5 Å². The average molecular weight is 415 g/mol. The number of ether oxygens (including phenoxy) is 2. The second-order valence-electron chi connectivity index (χ2n) is 7.11. The summed E-state index contributed by atoms with van der Waals surface area (Å²) in [6, 6.07) is 12.3. The van der Waals surface area contributed by atoms with Crippen molar-refractivity contribution >= 4 is 12.0 Å². The highest BCUT2D eigenvalue weighted by Crippen LogP contribution is 2.27. The Morgan fingerprint density at radius 1 is 1.10 bits per heavy atom. The highest BCUT2D eigenvalue weighted by molar-refractivity contribution is 5.78. The summed E-state index contributed by atoms with van der Waals surface area (Å²) in [4.78, 5) is 14.1. The number of hydrogen-bond donors (Lipinski definition) is 1. The summed E-state index contributed by atoms with van der Waals surface area (Å²) in [7, 11) is 5.34. The number of methoxy groups -OCH3 is 2. The van der Waals surface area contributed by atoms with E-state index in [-0.39, 0.29) is 18.1 Å². The van der Waals surface area contributed by atoms with Gasteiger partial charge in [-0.2, -0.15) is 0 Å². The van der Waals surface area contributed by atoms with Gasteiger partial charge in [-0.05, 0) is 61.8 Å². The number of amides is 1. The molecule has 2 aromatic rings. The molecule has 0 spiro atoms. The molecular weight excluding hydrogens is 383 g/mol. The third-order valence-corrected chi connectivity index (χ3v) is 4.73. The van der Waals surface area contributed by atoms with Gasteiger partial charge in [-0.25, -0.2) is 4.39 Å². The lowest BCUT2D eigenvalue weighted by atomic mass is 10.1. The maximum atomic E-state index is 13.1. The van der Waals surface area contributed by atoms with Gasteiger partial charge in [0.25, 0.3) is 0 Å². The number of hydrogen-bond acceptors (Lipinski definition) is 4. The van der Waals surface area contributed by atoms with Gasteiger partial charge in [-0.1, -0.05) is 30.4 Å². The smallest absolute Gasteiger partial charge is 0.223 e. The molecule has 0 radical (unpaired) electrons. The van der Waals surface area contributed by atoms with Crippen molar-refractivity contribution in [1.29, 1.82) is 0 Å². The summed E-state index contributed by atoms with van der Waals surface area (Å²) in [5.74, 6) is 1.16. The molecule has 0 saturated carbocycles. The summed E-state index contributed by atoms with van der Waals surface area (Å²) in [6.07, 6.45) is 5.57. The van der Waals surface area contributed by atoms with Gasteiger partial charge in [-0.3, -0.25) is 4.79 Å². The van der Waals surface area contributed by atoms with Crippen molar-refractivity contribution in [2.75, 3.05) is 40.9 Å². The van der Waals surface area contributed by atoms with Gasteiger partial charge in [0.2, 0.25) is 5.91 Å². The summed E-state index contributed by atoms with van der Waals surface area (Å²) in [5.41, 5.74) is 1.94. The van der Waals surface area contributed by atoms with Gasteiger partial charge in [0.15, 0.2) is 11.5 Å². The monoisotopic (exact) mass is 414 g/mol. The van der Waals surface area contributed by atoms with Crippen LogP contribution in [0.1, 0.15) is 24.0 Å². The molecule has 5 nitrogen and oxygen atoms in total. The Morgan fingerprint density at radius 2 is 1.90 bits per heavy atom. The molecule has 2 rings (SSSR count). The molecule has 0 aliphatic rings. The summed E-state index contributed by atoms with van der Waals surface area (Å²) < 4.78 is 23.7. The van der Waals surface area contributed by atoms with Crippen LogP contribution in [0.4, 0.5) is 4.39 Å². The number of nitrogens with one attached hydrogen (secondary N) is 1.